The first-order chi connectivity index (χ1) is 20.4. The Bertz CT molecular complexity index is 1600. The van der Waals surface area contributed by atoms with Gasteiger partial charge in [0.15, 0.2) is 29.3 Å². The van der Waals surface area contributed by atoms with Gasteiger partial charge in [0.1, 0.15) is 5.82 Å². The molecule has 1 aliphatic carbocycles. The summed E-state index contributed by atoms with van der Waals surface area (Å²) in [5.41, 5.74) is 4.94. The third kappa shape index (κ3) is 5.03. The number of ether oxygens (including phenoxy) is 2. The average Bonchev–Trinajstić information content (AvgIpc) is 3.58. The van der Waals surface area contributed by atoms with Gasteiger partial charge in [0, 0.05) is 36.4 Å². The quantitative estimate of drug-likeness (QED) is 0.238. The lowest BCUT2D eigenvalue weighted by molar-refractivity contribution is 0.0772. The predicted octanol–water partition coefficient (Wildman–Crippen LogP) is 3.92. The van der Waals surface area contributed by atoms with Crippen LogP contribution in [-0.4, -0.2) is 66.7 Å². The van der Waals surface area contributed by atoms with Crippen LogP contribution in [-0.2, 0) is 6.54 Å². The summed E-state index contributed by atoms with van der Waals surface area (Å²) < 4.78 is 29.2. The number of pyridine rings is 2. The molecule has 0 radical (unpaired) electrons. The minimum atomic E-state index is -0.826. The maximum Gasteiger partial charge on any atom is 0.176 e. The van der Waals surface area contributed by atoms with Crippen molar-refractivity contribution >= 4 is 5.52 Å². The molecule has 12 heteroatoms. The van der Waals surface area contributed by atoms with Crippen LogP contribution in [0.1, 0.15) is 61.7 Å². The smallest absolute Gasteiger partial charge is 0.176 e. The maximum atomic E-state index is 13.5. The number of methoxy groups -OCH3 is 1. The molecule has 1 fully saturated rings. The Morgan fingerprint density at radius 2 is 2.00 bits per heavy atom. The molecule has 2 atom stereocenters. The molecule has 11 nitrogen and oxygen atoms in total. The van der Waals surface area contributed by atoms with Crippen LogP contribution in [0.5, 0.6) is 11.5 Å². The van der Waals surface area contributed by atoms with Gasteiger partial charge in [0.2, 0.25) is 0 Å². The van der Waals surface area contributed by atoms with Crippen LogP contribution in [0.25, 0.3) is 16.8 Å². The Balaban J connectivity index is 1.33. The summed E-state index contributed by atoms with van der Waals surface area (Å²) in [5, 5.41) is 31.6. The molecule has 1 aliphatic heterocycles. The van der Waals surface area contributed by atoms with E-state index in [9.17, 15) is 9.50 Å². The third-order valence-corrected chi connectivity index (χ3v) is 8.69. The van der Waals surface area contributed by atoms with Crippen molar-refractivity contribution < 1.29 is 19.0 Å². The fourth-order valence-corrected chi connectivity index (χ4v) is 6.59. The number of nitriles is 1. The van der Waals surface area contributed by atoms with Crippen molar-refractivity contribution in [3.8, 4) is 28.9 Å². The lowest BCUT2D eigenvalue weighted by Crippen LogP contribution is -2.47. The van der Waals surface area contributed by atoms with Crippen molar-refractivity contribution in [2.24, 2.45) is 0 Å². The van der Waals surface area contributed by atoms with Gasteiger partial charge in [0.05, 0.1) is 49.7 Å². The Labute approximate surface area is 243 Å². The predicted molar refractivity (Wildman–Crippen MR) is 152 cm³/mol. The third-order valence-electron chi connectivity index (χ3n) is 8.69. The second-order valence-corrected chi connectivity index (χ2v) is 11.0. The molecule has 2 aliphatic rings. The summed E-state index contributed by atoms with van der Waals surface area (Å²) in [7, 11) is 1.56. The van der Waals surface area contributed by atoms with Gasteiger partial charge in [-0.3, -0.25) is 14.6 Å². The molecule has 4 aromatic heterocycles. The number of fused-ring (bicyclic) bond motifs is 2. The van der Waals surface area contributed by atoms with Crippen molar-refractivity contribution in [3.63, 3.8) is 0 Å². The summed E-state index contributed by atoms with van der Waals surface area (Å²) in [4.78, 5) is 6.70. The lowest BCUT2D eigenvalue weighted by atomic mass is 9.88. The van der Waals surface area contributed by atoms with E-state index in [0.29, 0.717) is 28.8 Å². The summed E-state index contributed by atoms with van der Waals surface area (Å²) in [6.07, 6.45) is 10.0. The van der Waals surface area contributed by atoms with Gasteiger partial charge in [-0.05, 0) is 63.3 Å². The van der Waals surface area contributed by atoms with Gasteiger partial charge in [-0.15, -0.1) is 0 Å². The van der Waals surface area contributed by atoms with E-state index in [1.54, 1.807) is 17.8 Å². The van der Waals surface area contributed by atoms with Crippen LogP contribution in [0.15, 0.2) is 36.8 Å². The average molecular weight is 575 g/mol. The van der Waals surface area contributed by atoms with Gasteiger partial charge < -0.3 is 19.9 Å². The van der Waals surface area contributed by atoms with Gasteiger partial charge in [-0.25, -0.2) is 8.91 Å². The normalized spacial score (nSPS) is 21.5. The first-order valence-electron chi connectivity index (χ1n) is 14.3. The Morgan fingerprint density at radius 3 is 2.69 bits per heavy atom. The molecule has 1 saturated carbocycles. The van der Waals surface area contributed by atoms with Crippen molar-refractivity contribution in [1.29, 1.82) is 5.26 Å². The monoisotopic (exact) mass is 574 g/mol. The van der Waals surface area contributed by atoms with Gasteiger partial charge in [-0.1, -0.05) is 0 Å². The first kappa shape index (κ1) is 27.9. The van der Waals surface area contributed by atoms with E-state index in [-0.39, 0.29) is 18.7 Å². The minimum Gasteiger partial charge on any atom is -0.493 e. The van der Waals surface area contributed by atoms with Crippen molar-refractivity contribution in [3.05, 3.63) is 59.6 Å². The SMILES string of the molecule is COc1cnn2cc(-c3nn4c(c3C)[C@H](C)N(C3CCC(NC#N)CC3)CC4)cc(O[C@@H](CO)c3ccc(F)cn3)c12. The Kier molecular flexibility index (Phi) is 7.70. The second-order valence-electron chi connectivity index (χ2n) is 11.0. The fourth-order valence-electron chi connectivity index (χ4n) is 6.59. The zero-order valence-electron chi connectivity index (χ0n) is 24.0. The summed E-state index contributed by atoms with van der Waals surface area (Å²) in [6.45, 7) is 5.71. The van der Waals surface area contributed by atoms with E-state index in [4.69, 9.17) is 19.8 Å². The van der Waals surface area contributed by atoms with E-state index < -0.39 is 11.9 Å². The van der Waals surface area contributed by atoms with Gasteiger partial charge >= 0.3 is 0 Å². The molecule has 6 rings (SSSR count). The zero-order valence-corrected chi connectivity index (χ0v) is 24.0. The van der Waals surface area contributed by atoms with E-state index in [0.717, 1.165) is 61.8 Å². The number of hydrogen-bond acceptors (Lipinski definition) is 9. The van der Waals surface area contributed by atoms with E-state index in [1.807, 2.05) is 12.3 Å². The van der Waals surface area contributed by atoms with Crippen LogP contribution in [0.2, 0.25) is 0 Å². The van der Waals surface area contributed by atoms with Crippen LogP contribution < -0.4 is 14.8 Å². The molecule has 0 amide bonds. The number of hydrogen-bond donors (Lipinski definition) is 2. The zero-order chi connectivity index (χ0) is 29.4. The number of aliphatic hydroxyl groups is 1. The maximum absolute atomic E-state index is 13.5. The second kappa shape index (κ2) is 11.6. The molecule has 0 bridgehead atoms. The molecule has 4 aromatic rings. The highest BCUT2D eigenvalue weighted by molar-refractivity contribution is 5.75. The highest BCUT2D eigenvalue weighted by Gasteiger charge is 2.35. The summed E-state index contributed by atoms with van der Waals surface area (Å²) in [6, 6.07) is 5.63. The molecule has 42 heavy (non-hydrogen) atoms. The Hall–Kier alpha value is -4.21. The molecular formula is C30H35FN8O3. The number of aromatic nitrogens is 5. The molecule has 0 aromatic carbocycles. The van der Waals surface area contributed by atoms with Crippen LogP contribution >= 0.6 is 0 Å². The molecular weight excluding hydrogens is 539 g/mol. The molecule has 220 valence electrons. The summed E-state index contributed by atoms with van der Waals surface area (Å²) in [5.74, 6) is 0.493. The topological polar surface area (TPSA) is 126 Å². The number of aliphatic hydroxyl groups excluding tert-OH is 1. The Morgan fingerprint density at radius 1 is 1.19 bits per heavy atom. The molecule has 0 spiro atoms. The molecule has 2 N–H and O–H groups in total. The van der Waals surface area contributed by atoms with Crippen molar-refractivity contribution in [1.82, 2.24) is 34.6 Å². The lowest BCUT2D eigenvalue weighted by Gasteiger charge is -2.42. The van der Waals surface area contributed by atoms with E-state index in [2.05, 4.69) is 45.0 Å². The first-order valence-corrected chi connectivity index (χ1v) is 14.3. The largest absolute Gasteiger partial charge is 0.493 e. The molecule has 0 unspecified atom stereocenters. The van der Waals surface area contributed by atoms with Crippen LogP contribution in [0.4, 0.5) is 4.39 Å². The highest BCUT2D eigenvalue weighted by Crippen LogP contribution is 2.40. The van der Waals surface area contributed by atoms with Crippen molar-refractivity contribution in [2.75, 3.05) is 20.3 Å². The van der Waals surface area contributed by atoms with Gasteiger partial charge in [-0.2, -0.15) is 15.5 Å². The van der Waals surface area contributed by atoms with Crippen molar-refractivity contribution in [2.45, 2.75) is 70.3 Å². The highest BCUT2D eigenvalue weighted by atomic mass is 19.1. The number of halogens is 1. The number of rotatable bonds is 8. The standard InChI is InChI=1S/C30H35FN8O3/c1-18-28(36-38-11-10-37(19(2)29(18)38)23-7-5-22(6-8-23)34-17-32)20-12-25(30-26(41-3)14-35-39(30)15-20)42-27(16-40)24-9-4-21(31)13-33-24/h4,9,12-15,19,22-23,27,34,40H,5-8,10-11,16H2,1-3H3/t19-,22?,23?,27-/m0/s1. The molecule has 0 saturated heterocycles. The van der Waals surface area contributed by atoms with E-state index >= 15 is 0 Å². The van der Waals surface area contributed by atoms with Gasteiger partial charge in [0.25, 0.3) is 0 Å². The van der Waals surface area contributed by atoms with E-state index in [1.165, 1.54) is 17.8 Å². The fraction of sp³-hybridized carbons (Fsp3) is 0.467. The number of nitrogens with zero attached hydrogens (tertiary/aromatic N) is 7. The van der Waals surface area contributed by atoms with Crippen LogP contribution in [0, 0.1) is 24.2 Å². The molecule has 5 heterocycles. The summed E-state index contributed by atoms with van der Waals surface area (Å²) >= 11 is 0. The number of nitrogens with one attached hydrogen (secondary N) is 1. The minimum absolute atomic E-state index is 0.193. The van der Waals surface area contributed by atoms with Crippen LogP contribution in [0.3, 0.4) is 0 Å².